The molecule has 26 heavy (non-hydrogen) atoms. The Labute approximate surface area is 157 Å². The summed E-state index contributed by atoms with van der Waals surface area (Å²) in [7, 11) is 1.65. The predicted molar refractivity (Wildman–Crippen MR) is 105 cm³/mol. The Kier molecular flexibility index (Phi) is 4.27. The van der Waals surface area contributed by atoms with E-state index in [2.05, 4.69) is 5.16 Å². The van der Waals surface area contributed by atoms with E-state index in [9.17, 15) is 0 Å². The number of halogens is 1. The van der Waals surface area contributed by atoms with Crippen LogP contribution in [0.2, 0.25) is 5.02 Å². The first-order chi connectivity index (χ1) is 12.7. The molecule has 1 aliphatic carbocycles. The van der Waals surface area contributed by atoms with Crippen LogP contribution in [0.4, 0.5) is 5.69 Å². The Bertz CT molecular complexity index is 896. The molecule has 0 saturated carbocycles. The average molecular weight is 365 g/mol. The monoisotopic (exact) mass is 364 g/mol. The minimum absolute atomic E-state index is 0.680. The molecule has 4 nitrogen and oxygen atoms in total. The van der Waals surface area contributed by atoms with Gasteiger partial charge in [0.15, 0.2) is 5.84 Å². The summed E-state index contributed by atoms with van der Waals surface area (Å²) in [6, 6.07) is 15.4. The van der Waals surface area contributed by atoms with Gasteiger partial charge in [0.2, 0.25) is 0 Å². The Morgan fingerprint density at radius 1 is 0.923 bits per heavy atom. The van der Waals surface area contributed by atoms with Crippen molar-refractivity contribution in [2.24, 2.45) is 5.16 Å². The van der Waals surface area contributed by atoms with Crippen LogP contribution in [0.15, 0.2) is 90.1 Å². The van der Waals surface area contributed by atoms with E-state index >= 15 is 0 Å². The molecule has 0 saturated heterocycles. The molecular formula is C21H17ClN2O2. The number of oxime groups is 1. The van der Waals surface area contributed by atoms with Crippen LogP contribution in [0.3, 0.4) is 0 Å². The zero-order chi connectivity index (χ0) is 18.0. The lowest BCUT2D eigenvalue weighted by Gasteiger charge is -2.32. The van der Waals surface area contributed by atoms with E-state index in [1.54, 1.807) is 7.11 Å². The van der Waals surface area contributed by atoms with Crippen molar-refractivity contribution in [3.05, 3.63) is 95.6 Å². The maximum absolute atomic E-state index is 6.08. The number of hydrogen-bond acceptors (Lipinski definition) is 4. The van der Waals surface area contributed by atoms with Crippen LogP contribution in [0.1, 0.15) is 5.56 Å². The van der Waals surface area contributed by atoms with Gasteiger partial charge in [-0.05, 0) is 60.7 Å². The van der Waals surface area contributed by atoms with Crippen molar-refractivity contribution in [3.8, 4) is 5.75 Å². The zero-order valence-electron chi connectivity index (χ0n) is 14.2. The van der Waals surface area contributed by atoms with Crippen molar-refractivity contribution >= 4 is 23.1 Å². The van der Waals surface area contributed by atoms with Gasteiger partial charge in [-0.25, -0.2) is 0 Å². The van der Waals surface area contributed by atoms with Crippen LogP contribution >= 0.6 is 11.6 Å². The Hall–Kier alpha value is -2.98. The highest BCUT2D eigenvalue weighted by atomic mass is 35.5. The molecule has 2 aromatic carbocycles. The fourth-order valence-electron chi connectivity index (χ4n) is 2.98. The highest BCUT2D eigenvalue weighted by molar-refractivity contribution is 6.30. The van der Waals surface area contributed by atoms with Crippen molar-refractivity contribution < 1.29 is 9.57 Å². The summed E-state index contributed by atoms with van der Waals surface area (Å²) in [5.74, 6) is 1.51. The van der Waals surface area contributed by atoms with Gasteiger partial charge in [0.05, 0.1) is 7.11 Å². The molecule has 0 amide bonds. The summed E-state index contributed by atoms with van der Waals surface area (Å²) in [6.07, 6.45) is 11.8. The molecular weight excluding hydrogens is 348 g/mol. The molecule has 2 aromatic rings. The van der Waals surface area contributed by atoms with E-state index in [1.807, 2.05) is 89.9 Å². The number of amidine groups is 1. The van der Waals surface area contributed by atoms with Crippen LogP contribution in [0.25, 0.3) is 0 Å². The zero-order valence-corrected chi connectivity index (χ0v) is 14.9. The molecule has 1 heterocycles. The first-order valence-electron chi connectivity index (χ1n) is 8.22. The number of nitrogens with zero attached hydrogens (tertiary/aromatic N) is 2. The van der Waals surface area contributed by atoms with Crippen LogP contribution < -0.4 is 9.64 Å². The number of benzene rings is 2. The highest BCUT2D eigenvalue weighted by Gasteiger charge is 2.43. The SMILES string of the molecule is COc1ccc(C2=NOC3(C=CC=CC=C3)N2c2ccc(Cl)cc2)cc1. The lowest BCUT2D eigenvalue weighted by Crippen LogP contribution is -2.46. The number of rotatable bonds is 3. The number of hydrogen-bond donors (Lipinski definition) is 0. The molecule has 2 aliphatic rings. The standard InChI is InChI=1S/C21H17ClN2O2/c1-25-19-12-6-16(7-13-19)20-23-26-21(14-4-2-3-5-15-21)24(20)18-10-8-17(22)9-11-18/h2-15H,1H3. The molecule has 0 unspecified atom stereocenters. The van der Waals surface area contributed by atoms with Gasteiger partial charge < -0.3 is 9.57 Å². The molecule has 5 heteroatoms. The largest absolute Gasteiger partial charge is 0.497 e. The minimum atomic E-state index is -0.827. The van der Waals surface area contributed by atoms with Gasteiger partial charge in [0.25, 0.3) is 5.72 Å². The van der Waals surface area contributed by atoms with E-state index < -0.39 is 5.72 Å². The third-order valence-electron chi connectivity index (χ3n) is 4.28. The third kappa shape index (κ3) is 2.89. The second-order valence-corrected chi connectivity index (χ2v) is 6.34. The molecule has 0 radical (unpaired) electrons. The second kappa shape index (κ2) is 6.73. The molecule has 1 spiro atoms. The topological polar surface area (TPSA) is 34.1 Å². The average Bonchev–Trinajstić information content (AvgIpc) is 2.87. The second-order valence-electron chi connectivity index (χ2n) is 5.90. The van der Waals surface area contributed by atoms with E-state index in [4.69, 9.17) is 21.2 Å². The van der Waals surface area contributed by atoms with Crippen LogP contribution in [-0.4, -0.2) is 18.7 Å². The van der Waals surface area contributed by atoms with Gasteiger partial charge in [0, 0.05) is 16.3 Å². The van der Waals surface area contributed by atoms with Gasteiger partial charge >= 0.3 is 0 Å². The van der Waals surface area contributed by atoms with Gasteiger partial charge in [-0.3, -0.25) is 4.90 Å². The Balaban J connectivity index is 1.81. The van der Waals surface area contributed by atoms with Crippen LogP contribution in [0.5, 0.6) is 5.75 Å². The summed E-state index contributed by atoms with van der Waals surface area (Å²) in [5.41, 5.74) is 1.03. The lowest BCUT2D eigenvalue weighted by molar-refractivity contribution is 0.0608. The molecule has 0 fully saturated rings. The summed E-state index contributed by atoms with van der Waals surface area (Å²) in [5, 5.41) is 5.08. The fourth-order valence-corrected chi connectivity index (χ4v) is 3.11. The van der Waals surface area contributed by atoms with Crippen LogP contribution in [0, 0.1) is 0 Å². The molecule has 1 aliphatic heterocycles. The van der Waals surface area contributed by atoms with Crippen molar-refractivity contribution in [1.82, 2.24) is 0 Å². The van der Waals surface area contributed by atoms with Crippen molar-refractivity contribution in [1.29, 1.82) is 0 Å². The summed E-state index contributed by atoms with van der Waals surface area (Å²) in [6.45, 7) is 0. The molecule has 0 atom stereocenters. The maximum atomic E-state index is 6.08. The van der Waals surface area contributed by atoms with E-state index in [1.165, 1.54) is 0 Å². The quantitative estimate of drug-likeness (QED) is 0.774. The molecule has 0 N–H and O–H groups in total. The van der Waals surface area contributed by atoms with Crippen molar-refractivity contribution in [2.45, 2.75) is 5.72 Å². The highest BCUT2D eigenvalue weighted by Crippen LogP contribution is 2.36. The van der Waals surface area contributed by atoms with Crippen LogP contribution in [-0.2, 0) is 4.84 Å². The summed E-state index contributed by atoms with van der Waals surface area (Å²) < 4.78 is 5.25. The summed E-state index contributed by atoms with van der Waals surface area (Å²) >= 11 is 6.08. The number of anilines is 1. The Morgan fingerprint density at radius 3 is 2.19 bits per heavy atom. The predicted octanol–water partition coefficient (Wildman–Crippen LogP) is 4.93. The van der Waals surface area contributed by atoms with Gasteiger partial charge in [-0.1, -0.05) is 41.1 Å². The maximum Gasteiger partial charge on any atom is 0.254 e. The molecule has 0 aromatic heterocycles. The molecule has 0 bridgehead atoms. The van der Waals surface area contributed by atoms with Gasteiger partial charge in [-0.15, -0.1) is 0 Å². The lowest BCUT2D eigenvalue weighted by atomic mass is 10.1. The van der Waals surface area contributed by atoms with E-state index in [-0.39, 0.29) is 0 Å². The first-order valence-corrected chi connectivity index (χ1v) is 8.60. The third-order valence-corrected chi connectivity index (χ3v) is 4.53. The smallest absolute Gasteiger partial charge is 0.254 e. The van der Waals surface area contributed by atoms with Crippen molar-refractivity contribution in [2.75, 3.05) is 12.0 Å². The number of methoxy groups -OCH3 is 1. The van der Waals surface area contributed by atoms with Gasteiger partial charge in [-0.2, -0.15) is 0 Å². The normalized spacial score (nSPS) is 17.2. The van der Waals surface area contributed by atoms with Crippen molar-refractivity contribution in [3.63, 3.8) is 0 Å². The fraction of sp³-hybridized carbons (Fsp3) is 0.0952. The van der Waals surface area contributed by atoms with E-state index in [0.29, 0.717) is 10.9 Å². The summed E-state index contributed by atoms with van der Waals surface area (Å²) in [4.78, 5) is 7.97. The number of ether oxygens (including phenoxy) is 1. The molecule has 4 rings (SSSR count). The first kappa shape index (κ1) is 16.5. The Morgan fingerprint density at radius 2 is 1.58 bits per heavy atom. The van der Waals surface area contributed by atoms with Gasteiger partial charge in [0.1, 0.15) is 5.75 Å². The number of allylic oxidation sites excluding steroid dienone is 4. The minimum Gasteiger partial charge on any atom is -0.497 e. The molecule has 130 valence electrons. The van der Waals surface area contributed by atoms with E-state index in [0.717, 1.165) is 17.0 Å².